The van der Waals surface area contributed by atoms with Gasteiger partial charge in [0.05, 0.1) is 22.8 Å². The molecule has 0 aliphatic carbocycles. The van der Waals surface area contributed by atoms with E-state index in [1.165, 1.54) is 5.56 Å². The second kappa shape index (κ2) is 5.92. The third-order valence-corrected chi connectivity index (χ3v) is 4.14. The van der Waals surface area contributed by atoms with E-state index in [1.54, 1.807) is 13.3 Å². The van der Waals surface area contributed by atoms with Crippen LogP contribution in [0.5, 0.6) is 5.75 Å². The molecule has 1 aromatic heterocycles. The number of rotatable bonds is 3. The average molecular weight is 318 g/mol. The molecule has 3 rings (SSSR count). The van der Waals surface area contributed by atoms with Crippen molar-refractivity contribution in [1.29, 1.82) is 0 Å². The maximum atomic E-state index is 6.13. The van der Waals surface area contributed by atoms with E-state index in [-0.39, 0.29) is 0 Å². The van der Waals surface area contributed by atoms with Crippen LogP contribution in [0.1, 0.15) is 11.3 Å². The molecule has 0 amide bonds. The molecule has 0 atom stereocenters. The summed E-state index contributed by atoms with van der Waals surface area (Å²) in [6, 6.07) is 13.7. The van der Waals surface area contributed by atoms with Gasteiger partial charge in [-0.25, -0.2) is 0 Å². The molecule has 0 bridgehead atoms. The number of fused-ring (bicyclic) bond motifs is 1. The van der Waals surface area contributed by atoms with Crippen LogP contribution in [0.4, 0.5) is 0 Å². The lowest BCUT2D eigenvalue weighted by atomic mass is 10.0. The Bertz CT molecular complexity index is 785. The first-order valence-corrected chi connectivity index (χ1v) is 7.28. The number of ether oxygens (including phenoxy) is 1. The topological polar surface area (TPSA) is 22.1 Å². The highest BCUT2D eigenvalue weighted by Gasteiger charge is 2.07. The molecule has 0 spiro atoms. The van der Waals surface area contributed by atoms with Crippen LogP contribution in [0.2, 0.25) is 10.0 Å². The smallest absolute Gasteiger partial charge is 0.118 e. The quantitative estimate of drug-likeness (QED) is 0.667. The minimum Gasteiger partial charge on any atom is -0.497 e. The second-order valence-electron chi connectivity index (χ2n) is 4.77. The molecule has 0 fully saturated rings. The molecule has 0 N–H and O–H groups in total. The molecule has 3 aromatic rings. The molecule has 1 heterocycles. The Kier molecular flexibility index (Phi) is 4.00. The Morgan fingerprint density at radius 1 is 1.00 bits per heavy atom. The standard InChI is InChI=1S/C17H13Cl2NO/c1-21-13-4-2-11(3-5-13)8-17-14-10-16(19)15(18)9-12(14)6-7-20-17/h2-7,9-10H,8H2,1H3. The van der Waals surface area contributed by atoms with Gasteiger partial charge in [-0.15, -0.1) is 0 Å². The van der Waals surface area contributed by atoms with E-state index in [0.29, 0.717) is 10.0 Å². The molecule has 0 aliphatic rings. The van der Waals surface area contributed by atoms with Gasteiger partial charge in [0.2, 0.25) is 0 Å². The fraction of sp³-hybridized carbons (Fsp3) is 0.118. The van der Waals surface area contributed by atoms with Gasteiger partial charge < -0.3 is 4.74 Å². The van der Waals surface area contributed by atoms with Gasteiger partial charge in [0.25, 0.3) is 0 Å². The summed E-state index contributed by atoms with van der Waals surface area (Å²) in [5, 5.41) is 3.18. The lowest BCUT2D eigenvalue weighted by Crippen LogP contribution is -1.94. The van der Waals surface area contributed by atoms with Gasteiger partial charge in [0.1, 0.15) is 5.75 Å². The molecule has 2 nitrogen and oxygen atoms in total. The normalized spacial score (nSPS) is 10.8. The first-order chi connectivity index (χ1) is 10.2. The molecular formula is C17H13Cl2NO. The molecule has 21 heavy (non-hydrogen) atoms. The molecule has 0 aliphatic heterocycles. The van der Waals surface area contributed by atoms with E-state index in [9.17, 15) is 0 Å². The maximum Gasteiger partial charge on any atom is 0.118 e. The van der Waals surface area contributed by atoms with E-state index >= 15 is 0 Å². The number of nitrogens with zero attached hydrogens (tertiary/aromatic N) is 1. The van der Waals surface area contributed by atoms with Crippen molar-refractivity contribution in [1.82, 2.24) is 4.98 Å². The molecule has 2 aromatic carbocycles. The van der Waals surface area contributed by atoms with Crippen LogP contribution in [0.3, 0.4) is 0 Å². The molecule has 0 saturated heterocycles. The van der Waals surface area contributed by atoms with Crippen molar-refractivity contribution < 1.29 is 4.74 Å². The SMILES string of the molecule is COc1ccc(Cc2nccc3cc(Cl)c(Cl)cc23)cc1. The molecule has 106 valence electrons. The number of hydrogen-bond donors (Lipinski definition) is 0. The minimum absolute atomic E-state index is 0.549. The largest absolute Gasteiger partial charge is 0.497 e. The predicted octanol–water partition coefficient (Wildman–Crippen LogP) is 5.14. The number of methoxy groups -OCH3 is 1. The third-order valence-electron chi connectivity index (χ3n) is 3.42. The molecule has 0 saturated carbocycles. The summed E-state index contributed by atoms with van der Waals surface area (Å²) in [4.78, 5) is 4.48. The molecule has 0 radical (unpaired) electrons. The molecule has 0 unspecified atom stereocenters. The second-order valence-corrected chi connectivity index (χ2v) is 5.58. The maximum absolute atomic E-state index is 6.13. The van der Waals surface area contributed by atoms with Crippen molar-refractivity contribution in [2.75, 3.05) is 7.11 Å². The van der Waals surface area contributed by atoms with Gasteiger partial charge >= 0.3 is 0 Å². The Hall–Kier alpha value is -1.77. The first-order valence-electron chi connectivity index (χ1n) is 6.53. The van der Waals surface area contributed by atoms with Crippen LogP contribution in [0, 0.1) is 0 Å². The van der Waals surface area contributed by atoms with Crippen molar-refractivity contribution >= 4 is 34.0 Å². The van der Waals surface area contributed by atoms with E-state index in [1.807, 2.05) is 42.5 Å². The highest BCUT2D eigenvalue weighted by molar-refractivity contribution is 6.42. The number of halogens is 2. The van der Waals surface area contributed by atoms with Crippen LogP contribution in [-0.4, -0.2) is 12.1 Å². The van der Waals surface area contributed by atoms with E-state index < -0.39 is 0 Å². The van der Waals surface area contributed by atoms with Gasteiger partial charge in [0, 0.05) is 18.0 Å². The van der Waals surface area contributed by atoms with Crippen LogP contribution in [0.25, 0.3) is 10.8 Å². The monoisotopic (exact) mass is 317 g/mol. The number of aromatic nitrogens is 1. The fourth-order valence-corrected chi connectivity index (χ4v) is 2.64. The van der Waals surface area contributed by atoms with Crippen LogP contribution < -0.4 is 4.74 Å². The van der Waals surface area contributed by atoms with Crippen LogP contribution >= 0.6 is 23.2 Å². The highest BCUT2D eigenvalue weighted by atomic mass is 35.5. The summed E-state index contributed by atoms with van der Waals surface area (Å²) in [5.74, 6) is 0.847. The summed E-state index contributed by atoms with van der Waals surface area (Å²) in [7, 11) is 1.66. The Morgan fingerprint density at radius 2 is 1.71 bits per heavy atom. The zero-order valence-electron chi connectivity index (χ0n) is 11.4. The van der Waals surface area contributed by atoms with Crippen LogP contribution in [0.15, 0.2) is 48.7 Å². The van der Waals surface area contributed by atoms with Gasteiger partial charge in [-0.3, -0.25) is 4.98 Å². The Morgan fingerprint density at radius 3 is 2.43 bits per heavy atom. The summed E-state index contributed by atoms with van der Waals surface area (Å²) in [6.07, 6.45) is 2.53. The predicted molar refractivity (Wildman–Crippen MR) is 87.6 cm³/mol. The molecule has 4 heteroatoms. The fourth-order valence-electron chi connectivity index (χ4n) is 2.30. The lowest BCUT2D eigenvalue weighted by molar-refractivity contribution is 0.414. The zero-order chi connectivity index (χ0) is 14.8. The summed E-state index contributed by atoms with van der Waals surface area (Å²) >= 11 is 12.2. The number of benzene rings is 2. The number of pyridine rings is 1. The minimum atomic E-state index is 0.549. The van der Waals surface area contributed by atoms with E-state index in [2.05, 4.69) is 4.98 Å². The van der Waals surface area contributed by atoms with E-state index in [4.69, 9.17) is 27.9 Å². The average Bonchev–Trinajstić information content (AvgIpc) is 2.50. The van der Waals surface area contributed by atoms with Crippen molar-refractivity contribution in [2.24, 2.45) is 0 Å². The van der Waals surface area contributed by atoms with Gasteiger partial charge in [0.15, 0.2) is 0 Å². The number of hydrogen-bond acceptors (Lipinski definition) is 2. The van der Waals surface area contributed by atoms with Gasteiger partial charge in [-0.05, 0) is 41.3 Å². The Balaban J connectivity index is 2.01. The van der Waals surface area contributed by atoms with Gasteiger partial charge in [-0.1, -0.05) is 35.3 Å². The van der Waals surface area contributed by atoms with Gasteiger partial charge in [-0.2, -0.15) is 0 Å². The third kappa shape index (κ3) is 2.97. The Labute approximate surface area is 133 Å². The zero-order valence-corrected chi connectivity index (χ0v) is 12.9. The van der Waals surface area contributed by atoms with Crippen molar-refractivity contribution in [3.8, 4) is 5.75 Å². The first kappa shape index (κ1) is 14.2. The highest BCUT2D eigenvalue weighted by Crippen LogP contribution is 2.29. The van der Waals surface area contributed by atoms with E-state index in [0.717, 1.165) is 28.6 Å². The summed E-state index contributed by atoms with van der Waals surface area (Å²) in [6.45, 7) is 0. The summed E-state index contributed by atoms with van der Waals surface area (Å²) in [5.41, 5.74) is 2.15. The molecular weight excluding hydrogens is 305 g/mol. The van der Waals surface area contributed by atoms with Crippen molar-refractivity contribution in [2.45, 2.75) is 6.42 Å². The summed E-state index contributed by atoms with van der Waals surface area (Å²) < 4.78 is 5.17. The van der Waals surface area contributed by atoms with Crippen LogP contribution in [-0.2, 0) is 6.42 Å². The lowest BCUT2D eigenvalue weighted by Gasteiger charge is -2.08. The van der Waals surface area contributed by atoms with Crippen molar-refractivity contribution in [3.63, 3.8) is 0 Å². The van der Waals surface area contributed by atoms with Crippen molar-refractivity contribution in [3.05, 3.63) is 70.0 Å².